The molecule has 0 radical (unpaired) electrons. The predicted molar refractivity (Wildman–Crippen MR) is 128 cm³/mol. The predicted octanol–water partition coefficient (Wildman–Crippen LogP) is 6.81. The lowest BCUT2D eigenvalue weighted by molar-refractivity contribution is -0.117. The smallest absolute Gasteiger partial charge is 0.242 e. The summed E-state index contributed by atoms with van der Waals surface area (Å²) in [5.41, 5.74) is 2.15. The fourth-order valence-corrected chi connectivity index (χ4v) is 4.51. The van der Waals surface area contributed by atoms with Gasteiger partial charge in [0.05, 0.1) is 10.7 Å². The summed E-state index contributed by atoms with van der Waals surface area (Å²) in [5, 5.41) is 6.24. The van der Waals surface area contributed by atoms with Gasteiger partial charge < -0.3 is 10.6 Å². The molecule has 1 fully saturated rings. The lowest BCUT2D eigenvalue weighted by Crippen LogP contribution is -2.19. The summed E-state index contributed by atoms with van der Waals surface area (Å²) in [6, 6.07) is 22.1. The van der Waals surface area contributed by atoms with Crippen molar-refractivity contribution in [2.24, 2.45) is 5.92 Å². The first-order valence-corrected chi connectivity index (χ1v) is 11.5. The molecule has 0 aromatic heterocycles. The van der Waals surface area contributed by atoms with E-state index in [1.807, 2.05) is 54.6 Å². The largest absolute Gasteiger partial charge is 0.326 e. The fourth-order valence-electron chi connectivity index (χ4n) is 3.03. The van der Waals surface area contributed by atoms with Gasteiger partial charge in [-0.15, -0.1) is 11.8 Å². The Kier molecular flexibility index (Phi) is 6.86. The molecule has 0 bridgehead atoms. The van der Waals surface area contributed by atoms with Crippen LogP contribution < -0.4 is 10.6 Å². The number of carbonyl (C=O) groups is 2. The van der Waals surface area contributed by atoms with Gasteiger partial charge in [0, 0.05) is 21.5 Å². The first-order chi connectivity index (χ1) is 15.0. The number of anilines is 2. The molecule has 4 rings (SSSR count). The third-order valence-corrected chi connectivity index (χ3v) is 6.67. The van der Waals surface area contributed by atoms with Crippen LogP contribution in [0.4, 0.5) is 11.4 Å². The SMILES string of the molecule is O=C(Nc1ccc(SC(C(=O)Nc2ccc(Cl)cc2Cl)c2ccccc2)cc1)C1CC1. The zero-order chi connectivity index (χ0) is 21.8. The molecule has 1 unspecified atom stereocenters. The standard InChI is InChI=1S/C24H20Cl2N2O2S/c25-17-8-13-21(20(26)14-17)28-24(30)22(15-4-2-1-3-5-15)31-19-11-9-18(10-12-19)27-23(29)16-6-7-16/h1-5,8-14,16,22H,6-7H2,(H,27,29)(H,28,30). The van der Waals surface area contributed by atoms with Crippen molar-refractivity contribution >= 4 is 58.2 Å². The van der Waals surface area contributed by atoms with Crippen molar-refractivity contribution in [2.45, 2.75) is 23.0 Å². The van der Waals surface area contributed by atoms with Crippen LogP contribution in [0.2, 0.25) is 10.0 Å². The zero-order valence-electron chi connectivity index (χ0n) is 16.5. The molecule has 31 heavy (non-hydrogen) atoms. The van der Waals surface area contributed by atoms with E-state index in [2.05, 4.69) is 10.6 Å². The van der Waals surface area contributed by atoms with E-state index in [1.54, 1.807) is 18.2 Å². The Bertz CT molecular complexity index is 1090. The topological polar surface area (TPSA) is 58.2 Å². The van der Waals surface area contributed by atoms with Crippen molar-refractivity contribution < 1.29 is 9.59 Å². The average molecular weight is 471 g/mol. The Hall–Kier alpha value is -2.47. The van der Waals surface area contributed by atoms with Gasteiger partial charge in [0.25, 0.3) is 0 Å². The average Bonchev–Trinajstić information content (AvgIpc) is 3.61. The monoisotopic (exact) mass is 470 g/mol. The molecule has 7 heteroatoms. The molecular weight excluding hydrogens is 451 g/mol. The third kappa shape index (κ3) is 5.82. The molecule has 1 aliphatic carbocycles. The maximum Gasteiger partial charge on any atom is 0.242 e. The molecule has 1 saturated carbocycles. The minimum absolute atomic E-state index is 0.0711. The van der Waals surface area contributed by atoms with Crippen LogP contribution in [0.3, 0.4) is 0 Å². The molecule has 0 spiro atoms. The highest BCUT2D eigenvalue weighted by Gasteiger charge is 2.29. The second-order valence-electron chi connectivity index (χ2n) is 7.31. The van der Waals surface area contributed by atoms with E-state index in [0.29, 0.717) is 15.7 Å². The molecule has 0 heterocycles. The molecule has 0 saturated heterocycles. The Balaban J connectivity index is 1.51. The summed E-state index contributed by atoms with van der Waals surface area (Å²) in [4.78, 5) is 26.0. The van der Waals surface area contributed by atoms with E-state index in [4.69, 9.17) is 23.2 Å². The molecule has 3 aromatic carbocycles. The van der Waals surface area contributed by atoms with Gasteiger partial charge in [-0.1, -0.05) is 53.5 Å². The van der Waals surface area contributed by atoms with E-state index in [9.17, 15) is 9.59 Å². The third-order valence-electron chi connectivity index (χ3n) is 4.85. The molecule has 158 valence electrons. The van der Waals surface area contributed by atoms with Gasteiger partial charge in [0.15, 0.2) is 0 Å². The van der Waals surface area contributed by atoms with Gasteiger partial charge in [0.2, 0.25) is 11.8 Å². The van der Waals surface area contributed by atoms with Crippen LogP contribution in [0.15, 0.2) is 77.7 Å². The van der Waals surface area contributed by atoms with Crippen molar-refractivity contribution in [1.29, 1.82) is 0 Å². The summed E-state index contributed by atoms with van der Waals surface area (Å²) in [5.74, 6) is 0.0354. The maximum atomic E-state index is 13.2. The number of rotatable bonds is 7. The number of hydrogen-bond acceptors (Lipinski definition) is 3. The number of amides is 2. The van der Waals surface area contributed by atoms with Crippen LogP contribution in [-0.2, 0) is 9.59 Å². The lowest BCUT2D eigenvalue weighted by atomic mass is 10.1. The van der Waals surface area contributed by atoms with Crippen LogP contribution >= 0.6 is 35.0 Å². The van der Waals surface area contributed by atoms with Crippen LogP contribution in [0.1, 0.15) is 23.7 Å². The lowest BCUT2D eigenvalue weighted by Gasteiger charge is -2.18. The van der Waals surface area contributed by atoms with E-state index < -0.39 is 5.25 Å². The van der Waals surface area contributed by atoms with Crippen molar-refractivity contribution in [3.63, 3.8) is 0 Å². The summed E-state index contributed by atoms with van der Waals surface area (Å²) < 4.78 is 0. The molecule has 3 aromatic rings. The van der Waals surface area contributed by atoms with Crippen LogP contribution in [0.25, 0.3) is 0 Å². The van der Waals surface area contributed by atoms with Gasteiger partial charge in [-0.2, -0.15) is 0 Å². The molecule has 1 aliphatic rings. The van der Waals surface area contributed by atoms with Crippen LogP contribution in [-0.4, -0.2) is 11.8 Å². The Morgan fingerprint density at radius 3 is 2.26 bits per heavy atom. The van der Waals surface area contributed by atoms with E-state index >= 15 is 0 Å². The minimum Gasteiger partial charge on any atom is -0.326 e. The van der Waals surface area contributed by atoms with Gasteiger partial charge in [0.1, 0.15) is 5.25 Å². The zero-order valence-corrected chi connectivity index (χ0v) is 18.8. The van der Waals surface area contributed by atoms with Crippen LogP contribution in [0, 0.1) is 5.92 Å². The van der Waals surface area contributed by atoms with Crippen molar-refractivity contribution in [2.75, 3.05) is 10.6 Å². The molecule has 2 N–H and O–H groups in total. The molecule has 0 aliphatic heterocycles. The van der Waals surface area contributed by atoms with Gasteiger partial charge >= 0.3 is 0 Å². The second kappa shape index (κ2) is 9.77. The normalized spacial score (nSPS) is 14.0. The molecule has 4 nitrogen and oxygen atoms in total. The highest BCUT2D eigenvalue weighted by atomic mass is 35.5. The first kappa shape index (κ1) is 21.8. The number of benzene rings is 3. The Morgan fingerprint density at radius 1 is 0.903 bits per heavy atom. The quantitative estimate of drug-likeness (QED) is 0.372. The van der Waals surface area contributed by atoms with Gasteiger partial charge in [-0.05, 0) is 60.9 Å². The number of thioether (sulfide) groups is 1. The Morgan fingerprint density at radius 2 is 1.61 bits per heavy atom. The van der Waals surface area contributed by atoms with Gasteiger partial charge in [-0.3, -0.25) is 9.59 Å². The van der Waals surface area contributed by atoms with E-state index in [0.717, 1.165) is 29.0 Å². The molecule has 1 atom stereocenters. The van der Waals surface area contributed by atoms with Crippen molar-refractivity contribution in [1.82, 2.24) is 0 Å². The van der Waals surface area contributed by atoms with Crippen molar-refractivity contribution in [3.8, 4) is 0 Å². The summed E-state index contributed by atoms with van der Waals surface area (Å²) >= 11 is 13.6. The van der Waals surface area contributed by atoms with E-state index in [1.165, 1.54) is 11.8 Å². The molecular formula is C24H20Cl2N2O2S. The minimum atomic E-state index is -0.486. The highest BCUT2D eigenvalue weighted by molar-refractivity contribution is 8.00. The fraction of sp³-hybridized carbons (Fsp3) is 0.167. The van der Waals surface area contributed by atoms with Crippen molar-refractivity contribution in [3.05, 3.63) is 88.4 Å². The van der Waals surface area contributed by atoms with E-state index in [-0.39, 0.29) is 17.7 Å². The summed E-state index contributed by atoms with van der Waals surface area (Å²) in [6.07, 6.45) is 1.93. The number of nitrogens with one attached hydrogen (secondary N) is 2. The van der Waals surface area contributed by atoms with Crippen LogP contribution in [0.5, 0.6) is 0 Å². The molecule has 2 amide bonds. The number of halogens is 2. The summed E-state index contributed by atoms with van der Waals surface area (Å²) in [6.45, 7) is 0. The highest BCUT2D eigenvalue weighted by Crippen LogP contribution is 2.38. The maximum absolute atomic E-state index is 13.2. The second-order valence-corrected chi connectivity index (χ2v) is 9.33. The number of carbonyl (C=O) groups excluding carboxylic acids is 2. The van der Waals surface area contributed by atoms with Gasteiger partial charge in [-0.25, -0.2) is 0 Å². The summed E-state index contributed by atoms with van der Waals surface area (Å²) in [7, 11) is 0. The Labute approximate surface area is 195 Å². The first-order valence-electron chi connectivity index (χ1n) is 9.88. The number of hydrogen-bond donors (Lipinski definition) is 2.